The van der Waals surface area contributed by atoms with Crippen LogP contribution >= 0.6 is 15.9 Å². The molecule has 0 spiro atoms. The SMILES string of the molecule is O=C(O)C(Cc1ccc(O)c(Br)c1)=Nc1cccc2ccccc12. The molecule has 120 valence electrons. The zero-order valence-corrected chi connectivity index (χ0v) is 14.2. The normalized spacial score (nSPS) is 11.6. The van der Waals surface area contributed by atoms with Gasteiger partial charge in [0.15, 0.2) is 0 Å². The van der Waals surface area contributed by atoms with Crippen LogP contribution in [0.1, 0.15) is 5.56 Å². The maximum Gasteiger partial charge on any atom is 0.350 e. The Morgan fingerprint density at radius 3 is 2.54 bits per heavy atom. The fourth-order valence-electron chi connectivity index (χ4n) is 2.47. The van der Waals surface area contributed by atoms with E-state index in [9.17, 15) is 15.0 Å². The van der Waals surface area contributed by atoms with E-state index in [2.05, 4.69) is 20.9 Å². The van der Waals surface area contributed by atoms with E-state index >= 15 is 0 Å². The highest BCUT2D eigenvalue weighted by Crippen LogP contribution is 2.27. The molecule has 0 amide bonds. The zero-order valence-electron chi connectivity index (χ0n) is 12.6. The first kappa shape index (κ1) is 16.2. The Bertz CT molecular complexity index is 945. The van der Waals surface area contributed by atoms with Crippen LogP contribution in [0, 0.1) is 0 Å². The Kier molecular flexibility index (Phi) is 4.62. The molecule has 0 aromatic heterocycles. The van der Waals surface area contributed by atoms with Gasteiger partial charge in [0.25, 0.3) is 0 Å². The Labute approximate surface area is 147 Å². The minimum Gasteiger partial charge on any atom is -0.507 e. The number of hydrogen-bond donors (Lipinski definition) is 2. The Morgan fingerprint density at radius 2 is 1.79 bits per heavy atom. The van der Waals surface area contributed by atoms with Gasteiger partial charge in [-0.15, -0.1) is 0 Å². The number of carboxylic acid groups (broad SMARTS) is 1. The van der Waals surface area contributed by atoms with Crippen molar-refractivity contribution in [1.29, 1.82) is 0 Å². The molecule has 4 nitrogen and oxygen atoms in total. The van der Waals surface area contributed by atoms with Crippen molar-refractivity contribution in [2.24, 2.45) is 4.99 Å². The molecule has 0 bridgehead atoms. The fraction of sp³-hybridized carbons (Fsp3) is 0.0526. The van der Waals surface area contributed by atoms with Crippen molar-refractivity contribution in [3.8, 4) is 5.75 Å². The fourth-order valence-corrected chi connectivity index (χ4v) is 2.89. The van der Waals surface area contributed by atoms with Gasteiger partial charge < -0.3 is 10.2 Å². The number of aliphatic imine (C=N–C) groups is 1. The van der Waals surface area contributed by atoms with Crippen LogP contribution in [0.2, 0.25) is 0 Å². The Morgan fingerprint density at radius 1 is 1.04 bits per heavy atom. The summed E-state index contributed by atoms with van der Waals surface area (Å²) in [4.78, 5) is 16.0. The van der Waals surface area contributed by atoms with Crippen molar-refractivity contribution in [2.75, 3.05) is 0 Å². The molecule has 0 aliphatic carbocycles. The van der Waals surface area contributed by atoms with E-state index in [1.807, 2.05) is 36.4 Å². The predicted molar refractivity (Wildman–Crippen MR) is 98.2 cm³/mol. The first-order chi connectivity index (χ1) is 11.5. The highest BCUT2D eigenvalue weighted by Gasteiger charge is 2.13. The number of hydrogen-bond acceptors (Lipinski definition) is 3. The third-order valence-electron chi connectivity index (χ3n) is 3.65. The summed E-state index contributed by atoms with van der Waals surface area (Å²) in [5.74, 6) is -0.950. The van der Waals surface area contributed by atoms with Gasteiger partial charge in [0.1, 0.15) is 11.5 Å². The van der Waals surface area contributed by atoms with Crippen molar-refractivity contribution < 1.29 is 15.0 Å². The van der Waals surface area contributed by atoms with Crippen LogP contribution in [0.25, 0.3) is 10.8 Å². The molecular weight excluding hydrogens is 370 g/mol. The minimum absolute atomic E-state index is 0.0453. The average molecular weight is 384 g/mol. The predicted octanol–water partition coefficient (Wildman–Crippen LogP) is 4.71. The third-order valence-corrected chi connectivity index (χ3v) is 4.29. The number of halogens is 1. The maximum absolute atomic E-state index is 11.6. The van der Waals surface area contributed by atoms with E-state index in [1.165, 1.54) is 6.07 Å². The van der Waals surface area contributed by atoms with Gasteiger partial charge in [0.2, 0.25) is 0 Å². The lowest BCUT2D eigenvalue weighted by molar-refractivity contribution is -0.129. The van der Waals surface area contributed by atoms with Gasteiger partial charge in [-0.25, -0.2) is 9.79 Å². The number of phenolic OH excluding ortho intramolecular Hbond substituents is 1. The summed E-state index contributed by atoms with van der Waals surface area (Å²) in [7, 11) is 0. The number of fused-ring (bicyclic) bond motifs is 1. The van der Waals surface area contributed by atoms with Crippen molar-refractivity contribution >= 4 is 44.1 Å². The van der Waals surface area contributed by atoms with Gasteiger partial charge in [-0.1, -0.05) is 42.5 Å². The monoisotopic (exact) mass is 383 g/mol. The van der Waals surface area contributed by atoms with Gasteiger partial charge in [-0.05, 0) is 45.1 Å². The summed E-state index contributed by atoms with van der Waals surface area (Å²) >= 11 is 3.24. The average Bonchev–Trinajstić information content (AvgIpc) is 2.57. The first-order valence-electron chi connectivity index (χ1n) is 7.30. The largest absolute Gasteiger partial charge is 0.507 e. The number of carboxylic acids is 1. The summed E-state index contributed by atoms with van der Waals surface area (Å²) in [5.41, 5.74) is 1.42. The maximum atomic E-state index is 11.6. The second-order valence-electron chi connectivity index (χ2n) is 5.32. The number of phenols is 1. The van der Waals surface area contributed by atoms with Gasteiger partial charge in [-0.2, -0.15) is 0 Å². The molecule has 5 heteroatoms. The summed E-state index contributed by atoms with van der Waals surface area (Å²) in [5, 5.41) is 21.0. The van der Waals surface area contributed by atoms with E-state index in [-0.39, 0.29) is 17.9 Å². The van der Waals surface area contributed by atoms with Crippen molar-refractivity contribution in [2.45, 2.75) is 6.42 Å². The van der Waals surface area contributed by atoms with Gasteiger partial charge in [0.05, 0.1) is 10.2 Å². The molecule has 0 aliphatic heterocycles. The molecule has 3 rings (SSSR count). The van der Waals surface area contributed by atoms with Crippen LogP contribution in [0.15, 0.2) is 70.1 Å². The highest BCUT2D eigenvalue weighted by molar-refractivity contribution is 9.10. The molecule has 0 unspecified atom stereocenters. The molecular formula is C19H14BrNO3. The number of rotatable bonds is 4. The summed E-state index contributed by atoms with van der Waals surface area (Å²) < 4.78 is 0.523. The highest BCUT2D eigenvalue weighted by atomic mass is 79.9. The minimum atomic E-state index is -1.06. The number of aliphatic carboxylic acids is 1. The molecule has 0 aliphatic rings. The summed E-state index contributed by atoms with van der Waals surface area (Å²) in [6, 6.07) is 18.2. The molecule has 0 radical (unpaired) electrons. The molecule has 0 saturated heterocycles. The molecule has 24 heavy (non-hydrogen) atoms. The van der Waals surface area contributed by atoms with Crippen molar-refractivity contribution in [1.82, 2.24) is 0 Å². The lowest BCUT2D eigenvalue weighted by Gasteiger charge is -2.06. The van der Waals surface area contributed by atoms with Gasteiger partial charge >= 0.3 is 5.97 Å². The topological polar surface area (TPSA) is 69.9 Å². The van der Waals surface area contributed by atoms with Crippen LogP contribution in [-0.4, -0.2) is 21.9 Å². The van der Waals surface area contributed by atoms with Crippen LogP contribution < -0.4 is 0 Å². The summed E-state index contributed by atoms with van der Waals surface area (Å²) in [6.45, 7) is 0. The van der Waals surface area contributed by atoms with Crippen LogP contribution in [0.4, 0.5) is 5.69 Å². The second-order valence-corrected chi connectivity index (χ2v) is 6.18. The second kappa shape index (κ2) is 6.84. The lowest BCUT2D eigenvalue weighted by atomic mass is 10.1. The van der Waals surface area contributed by atoms with E-state index in [1.54, 1.807) is 18.2 Å². The van der Waals surface area contributed by atoms with Crippen LogP contribution in [-0.2, 0) is 11.2 Å². The van der Waals surface area contributed by atoms with E-state index in [0.717, 1.165) is 16.3 Å². The molecule has 0 fully saturated rings. The molecule has 0 heterocycles. The van der Waals surface area contributed by atoms with E-state index in [0.29, 0.717) is 10.2 Å². The molecule has 0 saturated carbocycles. The molecule has 2 N–H and O–H groups in total. The molecule has 3 aromatic carbocycles. The zero-order chi connectivity index (χ0) is 17.1. The third kappa shape index (κ3) is 3.46. The first-order valence-corrected chi connectivity index (χ1v) is 8.10. The van der Waals surface area contributed by atoms with Crippen molar-refractivity contribution in [3.05, 3.63) is 70.7 Å². The number of aromatic hydroxyl groups is 1. The number of nitrogens with zero attached hydrogens (tertiary/aromatic N) is 1. The standard InChI is InChI=1S/C19H14BrNO3/c20-15-10-12(8-9-18(15)22)11-17(19(23)24)21-16-7-3-5-13-4-1-2-6-14(13)16/h1-10,22H,11H2,(H,23,24). The van der Waals surface area contributed by atoms with Crippen LogP contribution in [0.3, 0.4) is 0 Å². The Balaban J connectivity index is 2.02. The smallest absolute Gasteiger partial charge is 0.350 e. The quantitative estimate of drug-likeness (QED) is 0.641. The number of benzene rings is 3. The van der Waals surface area contributed by atoms with Gasteiger partial charge in [0, 0.05) is 11.8 Å². The Hall–Kier alpha value is -2.66. The van der Waals surface area contributed by atoms with Crippen LogP contribution in [0.5, 0.6) is 5.75 Å². The summed E-state index contributed by atoms with van der Waals surface area (Å²) in [6.07, 6.45) is 0.164. The van der Waals surface area contributed by atoms with E-state index in [4.69, 9.17) is 0 Å². The van der Waals surface area contributed by atoms with E-state index < -0.39 is 5.97 Å². The lowest BCUT2D eigenvalue weighted by Crippen LogP contribution is -2.15. The molecule has 0 atom stereocenters. The van der Waals surface area contributed by atoms with Gasteiger partial charge in [-0.3, -0.25) is 0 Å². The van der Waals surface area contributed by atoms with Crippen molar-refractivity contribution in [3.63, 3.8) is 0 Å². The molecule has 3 aromatic rings. The number of carbonyl (C=O) groups is 1.